The summed E-state index contributed by atoms with van der Waals surface area (Å²) in [7, 11) is -4.03. The monoisotopic (exact) mass is 434 g/mol. The number of hydrogen-bond acceptors (Lipinski definition) is 3. The lowest BCUT2D eigenvalue weighted by Gasteiger charge is -2.10. The predicted molar refractivity (Wildman–Crippen MR) is 106 cm³/mol. The summed E-state index contributed by atoms with van der Waals surface area (Å²) in [5.74, 6) is -4.27. The molecule has 0 aliphatic heterocycles. The third-order valence-corrected chi connectivity index (χ3v) is 5.66. The van der Waals surface area contributed by atoms with Crippen LogP contribution in [-0.4, -0.2) is 14.3 Å². The molecular weight excluding hydrogens is 417 g/mol. The fourth-order valence-electron chi connectivity index (χ4n) is 2.59. The molecule has 30 heavy (non-hydrogen) atoms. The molecule has 0 heterocycles. The number of hydrogen-bond donors (Lipinski definition) is 2. The summed E-state index contributed by atoms with van der Waals surface area (Å²) in [5, 5.41) is 2.21. The van der Waals surface area contributed by atoms with Crippen LogP contribution >= 0.6 is 0 Å². The van der Waals surface area contributed by atoms with E-state index in [1.807, 2.05) is 19.1 Å². The Balaban J connectivity index is 1.79. The first kappa shape index (κ1) is 21.5. The summed E-state index contributed by atoms with van der Waals surface area (Å²) in [6.45, 7) is 1.91. The Bertz CT molecular complexity index is 1200. The highest BCUT2D eigenvalue weighted by Crippen LogP contribution is 2.19. The molecule has 1 amide bonds. The Hall–Kier alpha value is -3.17. The van der Waals surface area contributed by atoms with Crippen molar-refractivity contribution in [3.05, 3.63) is 94.8 Å². The van der Waals surface area contributed by atoms with Gasteiger partial charge in [0.2, 0.25) is 10.0 Å². The molecule has 156 valence electrons. The van der Waals surface area contributed by atoms with Gasteiger partial charge < -0.3 is 5.32 Å². The Labute approximate surface area is 171 Å². The van der Waals surface area contributed by atoms with Gasteiger partial charge in [0.25, 0.3) is 5.91 Å². The van der Waals surface area contributed by atoms with E-state index in [4.69, 9.17) is 0 Å². The second-order valence-corrected chi connectivity index (χ2v) is 8.30. The zero-order chi connectivity index (χ0) is 21.9. The van der Waals surface area contributed by atoms with Crippen LogP contribution in [0.15, 0.2) is 65.6 Å². The first-order valence-electron chi connectivity index (χ1n) is 8.77. The third-order valence-electron chi connectivity index (χ3n) is 4.26. The second-order valence-electron chi connectivity index (χ2n) is 6.53. The van der Waals surface area contributed by atoms with E-state index < -0.39 is 38.9 Å². The maximum Gasteiger partial charge on any atom is 0.258 e. The van der Waals surface area contributed by atoms with E-state index in [2.05, 4.69) is 10.0 Å². The molecule has 0 aliphatic rings. The van der Waals surface area contributed by atoms with Crippen molar-refractivity contribution in [2.75, 3.05) is 5.32 Å². The van der Waals surface area contributed by atoms with Gasteiger partial charge in [-0.2, -0.15) is 0 Å². The van der Waals surface area contributed by atoms with Crippen LogP contribution in [-0.2, 0) is 16.6 Å². The summed E-state index contributed by atoms with van der Waals surface area (Å²) in [6, 6.07) is 12.6. The molecule has 0 fully saturated rings. The summed E-state index contributed by atoms with van der Waals surface area (Å²) < 4.78 is 67.9. The van der Waals surface area contributed by atoms with Crippen molar-refractivity contribution in [1.29, 1.82) is 0 Å². The second kappa shape index (κ2) is 8.68. The van der Waals surface area contributed by atoms with Crippen molar-refractivity contribution in [3.63, 3.8) is 0 Å². The maximum atomic E-state index is 14.1. The highest BCUT2D eigenvalue weighted by atomic mass is 32.2. The number of benzene rings is 3. The Kier molecular flexibility index (Phi) is 6.23. The van der Waals surface area contributed by atoms with Crippen molar-refractivity contribution in [3.8, 4) is 0 Å². The van der Waals surface area contributed by atoms with Crippen LogP contribution in [0.4, 0.5) is 18.9 Å². The minimum Gasteiger partial charge on any atom is -0.322 e. The van der Waals surface area contributed by atoms with Crippen LogP contribution in [0, 0.1) is 24.4 Å². The van der Waals surface area contributed by atoms with E-state index in [9.17, 15) is 26.4 Å². The minimum absolute atomic E-state index is 0.0103. The highest BCUT2D eigenvalue weighted by molar-refractivity contribution is 7.89. The molecule has 0 aliphatic carbocycles. The van der Waals surface area contributed by atoms with Crippen LogP contribution in [0.3, 0.4) is 0 Å². The summed E-state index contributed by atoms with van der Waals surface area (Å²) in [5.41, 5.74) is 1.08. The van der Waals surface area contributed by atoms with Gasteiger partial charge in [-0.05, 0) is 42.8 Å². The van der Waals surface area contributed by atoms with E-state index in [-0.39, 0.29) is 17.1 Å². The fourth-order valence-corrected chi connectivity index (χ4v) is 3.63. The van der Waals surface area contributed by atoms with Gasteiger partial charge in [0.15, 0.2) is 11.6 Å². The fraction of sp³-hybridized carbons (Fsp3) is 0.0952. The quantitative estimate of drug-likeness (QED) is 0.612. The molecule has 9 heteroatoms. The van der Waals surface area contributed by atoms with Crippen molar-refractivity contribution < 1.29 is 26.4 Å². The lowest BCUT2D eigenvalue weighted by Crippen LogP contribution is -2.24. The number of halogens is 3. The number of carbonyl (C=O) groups excluding carboxylic acids is 1. The average molecular weight is 434 g/mol. The van der Waals surface area contributed by atoms with Gasteiger partial charge in [-0.25, -0.2) is 26.3 Å². The van der Waals surface area contributed by atoms with Crippen molar-refractivity contribution in [2.24, 2.45) is 0 Å². The Morgan fingerprint density at radius 2 is 1.53 bits per heavy atom. The zero-order valence-electron chi connectivity index (χ0n) is 15.7. The highest BCUT2D eigenvalue weighted by Gasteiger charge is 2.20. The molecule has 3 rings (SSSR count). The molecule has 0 saturated heterocycles. The van der Waals surface area contributed by atoms with Crippen LogP contribution in [0.1, 0.15) is 21.5 Å². The van der Waals surface area contributed by atoms with Gasteiger partial charge in [0.05, 0.1) is 10.5 Å². The largest absolute Gasteiger partial charge is 0.322 e. The molecule has 0 bridgehead atoms. The van der Waals surface area contributed by atoms with E-state index in [1.165, 1.54) is 0 Å². The smallest absolute Gasteiger partial charge is 0.258 e. The van der Waals surface area contributed by atoms with Crippen molar-refractivity contribution in [2.45, 2.75) is 18.4 Å². The van der Waals surface area contributed by atoms with Crippen LogP contribution in [0.2, 0.25) is 0 Å². The summed E-state index contributed by atoms with van der Waals surface area (Å²) >= 11 is 0. The average Bonchev–Trinajstić information content (AvgIpc) is 2.70. The van der Waals surface area contributed by atoms with Crippen molar-refractivity contribution in [1.82, 2.24) is 4.72 Å². The topological polar surface area (TPSA) is 75.3 Å². The lowest BCUT2D eigenvalue weighted by atomic mass is 10.2. The lowest BCUT2D eigenvalue weighted by molar-refractivity contribution is 0.102. The number of amides is 1. The van der Waals surface area contributed by atoms with Crippen molar-refractivity contribution >= 4 is 21.6 Å². The molecule has 0 radical (unpaired) electrons. The molecule has 0 atom stereocenters. The van der Waals surface area contributed by atoms with Gasteiger partial charge in [-0.1, -0.05) is 29.8 Å². The van der Waals surface area contributed by atoms with Crippen LogP contribution in [0.25, 0.3) is 0 Å². The number of anilines is 1. The molecule has 3 aromatic rings. The van der Waals surface area contributed by atoms with E-state index in [1.54, 1.807) is 12.1 Å². The van der Waals surface area contributed by atoms with Gasteiger partial charge >= 0.3 is 0 Å². The SMILES string of the molecule is Cc1ccc(CNS(=O)(=O)c2ccc(F)c(C(=O)Nc3ccc(F)c(F)c3)c2)cc1. The van der Waals surface area contributed by atoms with Gasteiger partial charge in [0.1, 0.15) is 5.82 Å². The van der Waals surface area contributed by atoms with Crippen LogP contribution in [0.5, 0.6) is 0 Å². The van der Waals surface area contributed by atoms with Crippen LogP contribution < -0.4 is 10.0 Å². The molecular formula is C21H17F3N2O3S. The molecule has 0 aromatic heterocycles. The molecule has 2 N–H and O–H groups in total. The number of nitrogens with one attached hydrogen (secondary N) is 2. The zero-order valence-corrected chi connectivity index (χ0v) is 16.6. The normalized spacial score (nSPS) is 11.3. The van der Waals surface area contributed by atoms with E-state index in [0.29, 0.717) is 0 Å². The molecule has 0 spiro atoms. The van der Waals surface area contributed by atoms with Gasteiger partial charge in [0, 0.05) is 18.3 Å². The number of rotatable bonds is 6. The van der Waals surface area contributed by atoms with Gasteiger partial charge in [-0.3, -0.25) is 4.79 Å². The standard InChI is InChI=1S/C21H17F3N2O3S/c1-13-2-4-14(5-3-13)12-25-30(28,29)16-7-9-18(22)17(11-16)21(27)26-15-6-8-19(23)20(24)10-15/h2-11,25H,12H2,1H3,(H,26,27). The number of aryl methyl sites for hydroxylation is 1. The Morgan fingerprint density at radius 3 is 2.20 bits per heavy atom. The van der Waals surface area contributed by atoms with Gasteiger partial charge in [-0.15, -0.1) is 0 Å². The first-order chi connectivity index (χ1) is 14.2. The molecule has 5 nitrogen and oxygen atoms in total. The Morgan fingerprint density at radius 1 is 0.867 bits per heavy atom. The maximum absolute atomic E-state index is 14.1. The summed E-state index contributed by atoms with van der Waals surface area (Å²) in [4.78, 5) is 12.0. The third kappa shape index (κ3) is 5.05. The first-order valence-corrected chi connectivity index (χ1v) is 10.3. The summed E-state index contributed by atoms with van der Waals surface area (Å²) in [6.07, 6.45) is 0. The minimum atomic E-state index is -4.03. The number of sulfonamides is 1. The predicted octanol–water partition coefficient (Wildman–Crippen LogP) is 4.14. The number of carbonyl (C=O) groups is 1. The van der Waals surface area contributed by atoms with E-state index in [0.717, 1.165) is 47.5 Å². The molecule has 3 aromatic carbocycles. The van der Waals surface area contributed by atoms with E-state index >= 15 is 0 Å². The molecule has 0 saturated carbocycles. The molecule has 0 unspecified atom stereocenters.